The maximum atomic E-state index is 13.7. The zero-order chi connectivity index (χ0) is 20.6. The lowest BCUT2D eigenvalue weighted by Gasteiger charge is -2.30. The quantitative estimate of drug-likeness (QED) is 0.693. The Kier molecular flexibility index (Phi) is 5.01. The third-order valence-electron chi connectivity index (χ3n) is 4.88. The van der Waals surface area contributed by atoms with E-state index in [0.29, 0.717) is 11.6 Å². The van der Waals surface area contributed by atoms with Crippen LogP contribution in [0.5, 0.6) is 0 Å². The van der Waals surface area contributed by atoms with Crippen molar-refractivity contribution in [3.05, 3.63) is 48.0 Å². The molecule has 0 bridgehead atoms. The fourth-order valence-electron chi connectivity index (χ4n) is 3.31. The first kappa shape index (κ1) is 19.4. The van der Waals surface area contributed by atoms with Gasteiger partial charge in [-0.25, -0.2) is 21.8 Å². The standard InChI is InChI=1S/C18H16F2N4O4S/c19-12-4-5-14(13(20)10-12)21-18(25)11-6-8-24(9-7-11)29(26,27)16-3-1-2-15-17(16)23-28-22-15/h1-5,10-11H,6-9H2,(H,21,25). The number of anilines is 1. The zero-order valence-electron chi connectivity index (χ0n) is 15.0. The summed E-state index contributed by atoms with van der Waals surface area (Å²) in [6.07, 6.45) is 0.530. The molecule has 0 aliphatic carbocycles. The van der Waals surface area contributed by atoms with E-state index < -0.39 is 33.5 Å². The van der Waals surface area contributed by atoms with Gasteiger partial charge in [0.15, 0.2) is 5.52 Å². The molecule has 0 radical (unpaired) electrons. The molecule has 11 heteroatoms. The third kappa shape index (κ3) is 3.70. The number of carbonyl (C=O) groups is 1. The maximum Gasteiger partial charge on any atom is 0.245 e. The van der Waals surface area contributed by atoms with Gasteiger partial charge < -0.3 is 5.32 Å². The number of nitrogens with one attached hydrogen (secondary N) is 1. The molecule has 29 heavy (non-hydrogen) atoms. The molecule has 1 fully saturated rings. The third-order valence-corrected chi connectivity index (χ3v) is 6.81. The van der Waals surface area contributed by atoms with Gasteiger partial charge in [-0.1, -0.05) is 6.07 Å². The molecule has 1 aliphatic heterocycles. The van der Waals surface area contributed by atoms with Gasteiger partial charge in [-0.15, -0.1) is 0 Å². The van der Waals surface area contributed by atoms with Crippen LogP contribution in [0.4, 0.5) is 14.5 Å². The van der Waals surface area contributed by atoms with Crippen molar-refractivity contribution >= 4 is 32.7 Å². The number of amides is 1. The van der Waals surface area contributed by atoms with Crippen LogP contribution in [-0.4, -0.2) is 42.0 Å². The van der Waals surface area contributed by atoms with Crippen LogP contribution in [0.15, 0.2) is 45.9 Å². The summed E-state index contributed by atoms with van der Waals surface area (Å²) in [5.74, 6) is -2.53. The molecular formula is C18H16F2N4O4S. The van der Waals surface area contributed by atoms with E-state index in [4.69, 9.17) is 0 Å². The number of nitrogens with zero attached hydrogens (tertiary/aromatic N) is 3. The first-order valence-electron chi connectivity index (χ1n) is 8.83. The van der Waals surface area contributed by atoms with Crippen LogP contribution in [-0.2, 0) is 14.8 Å². The van der Waals surface area contributed by atoms with Gasteiger partial charge in [0, 0.05) is 25.1 Å². The van der Waals surface area contributed by atoms with Gasteiger partial charge in [0.1, 0.15) is 22.0 Å². The van der Waals surface area contributed by atoms with Crippen molar-refractivity contribution in [1.29, 1.82) is 0 Å². The summed E-state index contributed by atoms with van der Waals surface area (Å²) >= 11 is 0. The number of carbonyl (C=O) groups excluding carboxylic acids is 1. The summed E-state index contributed by atoms with van der Waals surface area (Å²) in [5.41, 5.74) is 0.373. The van der Waals surface area contributed by atoms with Gasteiger partial charge in [-0.2, -0.15) is 4.31 Å². The Labute approximate surface area is 164 Å². The van der Waals surface area contributed by atoms with Gasteiger partial charge in [-0.3, -0.25) is 4.79 Å². The number of aromatic nitrogens is 2. The molecule has 1 saturated heterocycles. The highest BCUT2D eigenvalue weighted by molar-refractivity contribution is 7.89. The van der Waals surface area contributed by atoms with E-state index in [1.54, 1.807) is 12.1 Å². The van der Waals surface area contributed by atoms with E-state index in [0.717, 1.165) is 12.1 Å². The van der Waals surface area contributed by atoms with Crippen LogP contribution in [0, 0.1) is 17.6 Å². The number of hydrogen-bond acceptors (Lipinski definition) is 6. The Balaban J connectivity index is 1.45. The van der Waals surface area contributed by atoms with Crippen molar-refractivity contribution in [2.24, 2.45) is 5.92 Å². The normalized spacial score (nSPS) is 16.2. The summed E-state index contributed by atoms with van der Waals surface area (Å²) in [6, 6.07) is 7.46. The highest BCUT2D eigenvalue weighted by Crippen LogP contribution is 2.28. The molecule has 8 nitrogen and oxygen atoms in total. The highest BCUT2D eigenvalue weighted by Gasteiger charge is 2.34. The molecule has 3 aromatic rings. The minimum absolute atomic E-state index is 0.00691. The summed E-state index contributed by atoms with van der Waals surface area (Å²) in [5, 5.41) is 9.75. The van der Waals surface area contributed by atoms with Crippen molar-refractivity contribution in [2.75, 3.05) is 18.4 Å². The molecule has 0 unspecified atom stereocenters. The number of benzene rings is 2. The van der Waals surface area contributed by atoms with E-state index >= 15 is 0 Å². The van der Waals surface area contributed by atoms with Crippen LogP contribution >= 0.6 is 0 Å². The Bertz CT molecular complexity index is 1170. The second-order valence-electron chi connectivity index (χ2n) is 6.68. The minimum Gasteiger partial charge on any atom is -0.323 e. The lowest BCUT2D eigenvalue weighted by Crippen LogP contribution is -2.41. The van der Waals surface area contributed by atoms with Gasteiger partial charge in [0.05, 0.1) is 5.69 Å². The van der Waals surface area contributed by atoms with Gasteiger partial charge >= 0.3 is 0 Å². The molecular weight excluding hydrogens is 406 g/mol. The predicted molar refractivity (Wildman–Crippen MR) is 98.3 cm³/mol. The number of fused-ring (bicyclic) bond motifs is 1. The van der Waals surface area contributed by atoms with Crippen molar-refractivity contribution in [1.82, 2.24) is 14.6 Å². The first-order valence-corrected chi connectivity index (χ1v) is 10.3. The van der Waals surface area contributed by atoms with Crippen molar-refractivity contribution in [3.8, 4) is 0 Å². The molecule has 0 atom stereocenters. The molecule has 0 saturated carbocycles. The van der Waals surface area contributed by atoms with E-state index in [1.165, 1.54) is 10.4 Å². The topological polar surface area (TPSA) is 105 Å². The van der Waals surface area contributed by atoms with E-state index in [-0.39, 0.29) is 42.0 Å². The van der Waals surface area contributed by atoms with E-state index in [2.05, 4.69) is 20.3 Å². The molecule has 1 amide bonds. The lowest BCUT2D eigenvalue weighted by molar-refractivity contribution is -0.120. The van der Waals surface area contributed by atoms with Crippen LogP contribution in [0.3, 0.4) is 0 Å². The van der Waals surface area contributed by atoms with E-state index in [9.17, 15) is 22.0 Å². The van der Waals surface area contributed by atoms with Crippen molar-refractivity contribution in [2.45, 2.75) is 17.7 Å². The molecule has 0 spiro atoms. The van der Waals surface area contributed by atoms with Crippen molar-refractivity contribution < 1.29 is 26.6 Å². The Hall–Kier alpha value is -2.92. The Morgan fingerprint density at radius 1 is 1.14 bits per heavy atom. The number of halogens is 2. The van der Waals surface area contributed by atoms with Crippen LogP contribution in [0.1, 0.15) is 12.8 Å². The summed E-state index contributed by atoms with van der Waals surface area (Å²) in [6.45, 7) is 0.238. The number of rotatable bonds is 4. The van der Waals surface area contributed by atoms with Gasteiger partial charge in [-0.05, 0) is 47.4 Å². The minimum atomic E-state index is -3.84. The monoisotopic (exact) mass is 422 g/mol. The molecule has 1 N–H and O–H groups in total. The Morgan fingerprint density at radius 2 is 1.90 bits per heavy atom. The Morgan fingerprint density at radius 3 is 2.62 bits per heavy atom. The summed E-state index contributed by atoms with van der Waals surface area (Å²) < 4.78 is 58.6. The van der Waals surface area contributed by atoms with Gasteiger partial charge in [0.25, 0.3) is 0 Å². The SMILES string of the molecule is O=C(Nc1ccc(F)cc1F)C1CCN(S(=O)(=O)c2cccc3nonc23)CC1. The molecule has 2 heterocycles. The first-order chi connectivity index (χ1) is 13.9. The maximum absolute atomic E-state index is 13.7. The smallest absolute Gasteiger partial charge is 0.245 e. The molecule has 1 aromatic heterocycles. The lowest BCUT2D eigenvalue weighted by atomic mass is 9.97. The molecule has 4 rings (SSSR count). The van der Waals surface area contributed by atoms with Crippen LogP contribution in [0.25, 0.3) is 11.0 Å². The largest absolute Gasteiger partial charge is 0.323 e. The predicted octanol–water partition coefficient (Wildman–Crippen LogP) is 2.54. The average Bonchev–Trinajstić information content (AvgIpc) is 3.19. The second-order valence-corrected chi connectivity index (χ2v) is 8.59. The summed E-state index contributed by atoms with van der Waals surface area (Å²) in [7, 11) is -3.84. The molecule has 1 aliphatic rings. The fraction of sp³-hybridized carbons (Fsp3) is 0.278. The number of hydrogen-bond donors (Lipinski definition) is 1. The van der Waals surface area contributed by atoms with Gasteiger partial charge in [0.2, 0.25) is 15.9 Å². The molecule has 2 aromatic carbocycles. The number of piperidine rings is 1. The van der Waals surface area contributed by atoms with Crippen LogP contribution in [0.2, 0.25) is 0 Å². The fourth-order valence-corrected chi connectivity index (χ4v) is 4.92. The van der Waals surface area contributed by atoms with Crippen molar-refractivity contribution in [3.63, 3.8) is 0 Å². The average molecular weight is 422 g/mol. The summed E-state index contributed by atoms with van der Waals surface area (Å²) in [4.78, 5) is 12.4. The highest BCUT2D eigenvalue weighted by atomic mass is 32.2. The van der Waals surface area contributed by atoms with E-state index in [1.807, 2.05) is 0 Å². The molecule has 152 valence electrons. The second kappa shape index (κ2) is 7.48. The number of sulfonamides is 1. The zero-order valence-corrected chi connectivity index (χ0v) is 15.8. The van der Waals surface area contributed by atoms with Crippen LogP contribution < -0.4 is 5.32 Å².